The molecule has 0 nitrogen and oxygen atoms in total. The Kier molecular flexibility index (Phi) is 7.75. The Hall–Kier alpha value is -1.04. The lowest BCUT2D eigenvalue weighted by Crippen LogP contribution is -2.16. The molecule has 0 saturated heterocycles. The number of hydrogen-bond acceptors (Lipinski definition) is 0. The molecule has 0 aromatic carbocycles. The Morgan fingerprint density at radius 1 is 1.21 bits per heavy atom. The molecule has 0 heterocycles. The highest BCUT2D eigenvalue weighted by Crippen LogP contribution is 2.36. The molecule has 0 aliphatic carbocycles. The molecule has 0 aromatic rings. The lowest BCUT2D eigenvalue weighted by atomic mass is 9.76. The maximum atomic E-state index is 3.97. The van der Waals surface area contributed by atoms with E-state index in [0.717, 1.165) is 24.8 Å². The van der Waals surface area contributed by atoms with Gasteiger partial charge in [0, 0.05) is 0 Å². The zero-order chi connectivity index (χ0) is 15.1. The van der Waals surface area contributed by atoms with Gasteiger partial charge in [-0.3, -0.25) is 0 Å². The second-order valence-electron chi connectivity index (χ2n) is 6.66. The molecule has 0 spiro atoms. The van der Waals surface area contributed by atoms with Gasteiger partial charge in [-0.1, -0.05) is 69.2 Å². The lowest BCUT2D eigenvalue weighted by molar-refractivity contribution is 0.399. The Labute approximate surface area is 121 Å². The first kappa shape index (κ1) is 18.0. The van der Waals surface area contributed by atoms with Crippen molar-refractivity contribution in [1.29, 1.82) is 0 Å². The minimum absolute atomic E-state index is 0.239. The highest BCUT2D eigenvalue weighted by atomic mass is 14.3. The van der Waals surface area contributed by atoms with Crippen molar-refractivity contribution in [3.8, 4) is 0 Å². The van der Waals surface area contributed by atoms with E-state index in [1.165, 1.54) is 5.57 Å². The molecule has 0 rings (SSSR count). The normalized spacial score (nSPS) is 13.8. The summed E-state index contributed by atoms with van der Waals surface area (Å²) in [7, 11) is 0. The van der Waals surface area contributed by atoms with Crippen molar-refractivity contribution in [2.45, 2.75) is 60.8 Å². The van der Waals surface area contributed by atoms with Gasteiger partial charge in [0.05, 0.1) is 0 Å². The summed E-state index contributed by atoms with van der Waals surface area (Å²) in [6.45, 7) is 21.3. The van der Waals surface area contributed by atoms with Gasteiger partial charge in [0.15, 0.2) is 0 Å². The fourth-order valence-electron chi connectivity index (χ4n) is 2.32. The van der Waals surface area contributed by atoms with Crippen LogP contribution in [0.15, 0.2) is 48.1 Å². The topological polar surface area (TPSA) is 0 Å². The highest BCUT2D eigenvalue weighted by molar-refractivity contribution is 5.25. The fourth-order valence-corrected chi connectivity index (χ4v) is 2.32. The van der Waals surface area contributed by atoms with Crippen molar-refractivity contribution in [3.05, 3.63) is 48.1 Å². The van der Waals surface area contributed by atoms with E-state index < -0.39 is 0 Å². The van der Waals surface area contributed by atoms with E-state index in [1.54, 1.807) is 5.57 Å². The standard InChI is InChI=1S/C19H32/c1-9-10-11-19(7,8)18(13-16(4)5)14-17(6)12-15(2)3/h9,12-13,16H,1-2,10-11,14H2,3-8H3. The number of allylic oxidation sites excluding steroid dienone is 6. The molecule has 0 saturated carbocycles. The zero-order valence-electron chi connectivity index (χ0n) is 13.8. The van der Waals surface area contributed by atoms with E-state index >= 15 is 0 Å². The van der Waals surface area contributed by atoms with Gasteiger partial charge < -0.3 is 0 Å². The van der Waals surface area contributed by atoms with Crippen molar-refractivity contribution < 1.29 is 0 Å². The van der Waals surface area contributed by atoms with Crippen molar-refractivity contribution >= 4 is 0 Å². The minimum Gasteiger partial charge on any atom is -0.103 e. The molecule has 0 amide bonds. The molecule has 0 unspecified atom stereocenters. The largest absolute Gasteiger partial charge is 0.103 e. The van der Waals surface area contributed by atoms with E-state index in [0.29, 0.717) is 5.92 Å². The maximum Gasteiger partial charge on any atom is -0.0103 e. The molecular weight excluding hydrogens is 228 g/mol. The SMILES string of the molecule is C=CCCC(C)(C)C(=CC(C)C)CC(C)=CC(=C)C. The smallest absolute Gasteiger partial charge is 0.0103 e. The second kappa shape index (κ2) is 8.19. The van der Waals surface area contributed by atoms with Crippen LogP contribution in [-0.2, 0) is 0 Å². The average Bonchev–Trinajstić information content (AvgIpc) is 2.23. The Balaban J connectivity index is 5.12. The third-order valence-corrected chi connectivity index (χ3v) is 3.34. The first-order valence-electron chi connectivity index (χ1n) is 7.33. The summed E-state index contributed by atoms with van der Waals surface area (Å²) < 4.78 is 0. The van der Waals surface area contributed by atoms with Crippen LogP contribution in [0.4, 0.5) is 0 Å². The molecular formula is C19H32. The van der Waals surface area contributed by atoms with Crippen LogP contribution in [0.25, 0.3) is 0 Å². The van der Waals surface area contributed by atoms with Crippen LogP contribution in [0.2, 0.25) is 0 Å². The summed E-state index contributed by atoms with van der Waals surface area (Å²) >= 11 is 0. The molecule has 108 valence electrons. The van der Waals surface area contributed by atoms with Gasteiger partial charge in [0.25, 0.3) is 0 Å². The van der Waals surface area contributed by atoms with Crippen LogP contribution in [0, 0.1) is 11.3 Å². The summed E-state index contributed by atoms with van der Waals surface area (Å²) in [6.07, 6.45) is 9.93. The third-order valence-electron chi connectivity index (χ3n) is 3.34. The zero-order valence-corrected chi connectivity index (χ0v) is 13.8. The molecule has 0 heteroatoms. The van der Waals surface area contributed by atoms with Gasteiger partial charge in [0.2, 0.25) is 0 Å². The van der Waals surface area contributed by atoms with E-state index in [-0.39, 0.29) is 5.41 Å². The maximum absolute atomic E-state index is 3.97. The van der Waals surface area contributed by atoms with Crippen molar-refractivity contribution in [1.82, 2.24) is 0 Å². The van der Waals surface area contributed by atoms with Gasteiger partial charge >= 0.3 is 0 Å². The van der Waals surface area contributed by atoms with E-state index in [1.807, 2.05) is 6.08 Å². The lowest BCUT2D eigenvalue weighted by Gasteiger charge is -2.29. The molecule has 0 bridgehead atoms. The predicted molar refractivity (Wildman–Crippen MR) is 89.3 cm³/mol. The predicted octanol–water partition coefficient (Wildman–Crippen LogP) is 6.47. The highest BCUT2D eigenvalue weighted by Gasteiger charge is 2.22. The van der Waals surface area contributed by atoms with Crippen molar-refractivity contribution in [2.24, 2.45) is 11.3 Å². The molecule has 0 radical (unpaired) electrons. The number of hydrogen-bond donors (Lipinski definition) is 0. The summed E-state index contributed by atoms with van der Waals surface area (Å²) in [5.74, 6) is 0.593. The Morgan fingerprint density at radius 3 is 2.21 bits per heavy atom. The molecule has 0 aromatic heterocycles. The van der Waals surface area contributed by atoms with Crippen LogP contribution in [0.5, 0.6) is 0 Å². The van der Waals surface area contributed by atoms with Gasteiger partial charge in [-0.25, -0.2) is 0 Å². The van der Waals surface area contributed by atoms with Crippen molar-refractivity contribution in [2.75, 3.05) is 0 Å². The van der Waals surface area contributed by atoms with Crippen LogP contribution >= 0.6 is 0 Å². The van der Waals surface area contributed by atoms with Crippen LogP contribution < -0.4 is 0 Å². The molecule has 0 fully saturated rings. The molecule has 0 aliphatic heterocycles. The van der Waals surface area contributed by atoms with Crippen LogP contribution in [0.3, 0.4) is 0 Å². The molecule has 0 aliphatic rings. The summed E-state index contributed by atoms with van der Waals surface area (Å²) in [4.78, 5) is 0. The average molecular weight is 260 g/mol. The summed E-state index contributed by atoms with van der Waals surface area (Å²) in [5.41, 5.74) is 4.30. The van der Waals surface area contributed by atoms with E-state index in [2.05, 4.69) is 66.9 Å². The van der Waals surface area contributed by atoms with Crippen LogP contribution in [-0.4, -0.2) is 0 Å². The fraction of sp³-hybridized carbons (Fsp3) is 0.579. The van der Waals surface area contributed by atoms with Crippen LogP contribution in [0.1, 0.15) is 60.8 Å². The van der Waals surface area contributed by atoms with Gasteiger partial charge in [-0.15, -0.1) is 6.58 Å². The molecule has 0 N–H and O–H groups in total. The summed E-state index contributed by atoms with van der Waals surface area (Å²) in [5, 5.41) is 0. The quantitative estimate of drug-likeness (QED) is 0.346. The molecule has 0 atom stereocenters. The summed E-state index contributed by atoms with van der Waals surface area (Å²) in [6, 6.07) is 0. The van der Waals surface area contributed by atoms with Crippen molar-refractivity contribution in [3.63, 3.8) is 0 Å². The molecule has 19 heavy (non-hydrogen) atoms. The van der Waals surface area contributed by atoms with E-state index in [4.69, 9.17) is 0 Å². The minimum atomic E-state index is 0.239. The van der Waals surface area contributed by atoms with Gasteiger partial charge in [-0.2, -0.15) is 0 Å². The van der Waals surface area contributed by atoms with Gasteiger partial charge in [-0.05, 0) is 44.4 Å². The monoisotopic (exact) mass is 260 g/mol. The third kappa shape index (κ3) is 7.87. The van der Waals surface area contributed by atoms with Gasteiger partial charge in [0.1, 0.15) is 0 Å². The second-order valence-corrected chi connectivity index (χ2v) is 6.66. The first-order valence-corrected chi connectivity index (χ1v) is 7.33. The Bertz CT molecular complexity index is 361. The Morgan fingerprint density at radius 2 is 1.79 bits per heavy atom. The number of rotatable bonds is 8. The first-order chi connectivity index (χ1) is 8.69. The van der Waals surface area contributed by atoms with E-state index in [9.17, 15) is 0 Å².